The van der Waals surface area contributed by atoms with E-state index in [1.165, 1.54) is 0 Å². The molecule has 1 aliphatic rings. The van der Waals surface area contributed by atoms with Gasteiger partial charge in [-0.1, -0.05) is 18.2 Å². The first kappa shape index (κ1) is 12.8. The number of anilines is 1. The third-order valence-corrected chi connectivity index (χ3v) is 3.61. The molecular formula is C13H17N3OS. The van der Waals surface area contributed by atoms with E-state index in [2.05, 4.69) is 5.32 Å². The molecule has 96 valence electrons. The molecule has 0 saturated carbocycles. The van der Waals surface area contributed by atoms with Gasteiger partial charge in [-0.3, -0.25) is 4.79 Å². The van der Waals surface area contributed by atoms with Crippen LogP contribution in [0.15, 0.2) is 24.3 Å². The van der Waals surface area contributed by atoms with Crippen LogP contribution in [-0.2, 0) is 4.79 Å². The summed E-state index contributed by atoms with van der Waals surface area (Å²) in [7, 11) is 5.46. The van der Waals surface area contributed by atoms with Crippen LogP contribution in [0.4, 0.5) is 5.69 Å². The number of hydrogen-bond acceptors (Lipinski definition) is 2. The van der Waals surface area contributed by atoms with Gasteiger partial charge in [0, 0.05) is 26.8 Å². The maximum absolute atomic E-state index is 11.9. The molecule has 5 heteroatoms. The molecule has 0 aromatic heterocycles. The minimum atomic E-state index is 0.00449. The van der Waals surface area contributed by atoms with Crippen LogP contribution in [0, 0.1) is 0 Å². The molecule has 18 heavy (non-hydrogen) atoms. The predicted molar refractivity (Wildman–Crippen MR) is 76.5 cm³/mol. The van der Waals surface area contributed by atoms with Crippen molar-refractivity contribution in [2.45, 2.75) is 12.5 Å². The number of fused-ring (bicyclic) bond motifs is 1. The molecule has 1 atom stereocenters. The molecule has 2 rings (SSSR count). The zero-order valence-electron chi connectivity index (χ0n) is 10.8. The van der Waals surface area contributed by atoms with Crippen molar-refractivity contribution in [2.24, 2.45) is 0 Å². The molecule has 0 saturated heterocycles. The molecule has 4 nitrogen and oxygen atoms in total. The summed E-state index contributed by atoms with van der Waals surface area (Å²) in [6.45, 7) is 0. The van der Waals surface area contributed by atoms with E-state index in [0.717, 1.165) is 11.3 Å². The maximum atomic E-state index is 11.9. The molecule has 0 bridgehead atoms. The molecule has 1 amide bonds. The zero-order chi connectivity index (χ0) is 13.3. The van der Waals surface area contributed by atoms with Crippen molar-refractivity contribution in [1.82, 2.24) is 9.80 Å². The Morgan fingerprint density at radius 2 is 2.11 bits per heavy atom. The van der Waals surface area contributed by atoms with Crippen LogP contribution >= 0.6 is 12.2 Å². The Hall–Kier alpha value is -1.62. The highest BCUT2D eigenvalue weighted by molar-refractivity contribution is 7.80. The van der Waals surface area contributed by atoms with Gasteiger partial charge in [0.25, 0.3) is 0 Å². The fraction of sp³-hybridized carbons (Fsp3) is 0.385. The lowest BCUT2D eigenvalue weighted by Gasteiger charge is -2.37. The van der Waals surface area contributed by atoms with Crippen LogP contribution < -0.4 is 5.32 Å². The lowest BCUT2D eigenvalue weighted by Crippen LogP contribution is -2.41. The standard InChI is InChI=1S/C13H17N3OS/c1-15(2)12(17)8-11-9-6-4-5-7-10(9)14-13(18)16(11)3/h4-7,11H,8H2,1-3H3,(H,14,18). The minimum absolute atomic E-state index is 0.00449. The fourth-order valence-corrected chi connectivity index (χ4v) is 2.29. The van der Waals surface area contributed by atoms with Gasteiger partial charge in [-0.2, -0.15) is 0 Å². The van der Waals surface area contributed by atoms with Gasteiger partial charge < -0.3 is 15.1 Å². The minimum Gasteiger partial charge on any atom is -0.349 e. The van der Waals surface area contributed by atoms with Gasteiger partial charge in [-0.25, -0.2) is 0 Å². The normalized spacial score (nSPS) is 18.1. The van der Waals surface area contributed by atoms with Gasteiger partial charge in [0.05, 0.1) is 12.5 Å². The average molecular weight is 263 g/mol. The summed E-state index contributed by atoms with van der Waals surface area (Å²) in [6.07, 6.45) is 0.433. The van der Waals surface area contributed by atoms with E-state index >= 15 is 0 Å². The van der Waals surface area contributed by atoms with Gasteiger partial charge >= 0.3 is 0 Å². The largest absolute Gasteiger partial charge is 0.349 e. The highest BCUT2D eigenvalue weighted by atomic mass is 32.1. The second-order valence-corrected chi connectivity index (χ2v) is 5.02. The van der Waals surface area contributed by atoms with Crippen molar-refractivity contribution in [1.29, 1.82) is 0 Å². The predicted octanol–water partition coefficient (Wildman–Crippen LogP) is 1.85. The molecule has 1 aliphatic heterocycles. The highest BCUT2D eigenvalue weighted by Gasteiger charge is 2.29. The second-order valence-electron chi connectivity index (χ2n) is 4.64. The summed E-state index contributed by atoms with van der Waals surface area (Å²) in [6, 6.07) is 7.97. The molecule has 1 heterocycles. The van der Waals surface area contributed by atoms with E-state index < -0.39 is 0 Å². The van der Waals surface area contributed by atoms with Crippen LogP contribution in [0.2, 0.25) is 0 Å². The average Bonchev–Trinajstić information content (AvgIpc) is 2.34. The summed E-state index contributed by atoms with van der Waals surface area (Å²) >= 11 is 5.29. The summed E-state index contributed by atoms with van der Waals surface area (Å²) < 4.78 is 0. The quantitative estimate of drug-likeness (QED) is 0.826. The van der Waals surface area contributed by atoms with E-state index in [1.807, 2.05) is 36.2 Å². The van der Waals surface area contributed by atoms with Gasteiger partial charge in [0.1, 0.15) is 0 Å². The van der Waals surface area contributed by atoms with Crippen LogP contribution in [0.25, 0.3) is 0 Å². The van der Waals surface area contributed by atoms with Crippen LogP contribution in [0.1, 0.15) is 18.0 Å². The van der Waals surface area contributed by atoms with E-state index in [-0.39, 0.29) is 11.9 Å². The molecule has 1 aromatic carbocycles. The number of carbonyl (C=O) groups excluding carboxylic acids is 1. The Bertz CT molecular complexity index is 487. The monoisotopic (exact) mass is 263 g/mol. The molecule has 0 spiro atoms. The Labute approximate surface area is 113 Å². The van der Waals surface area contributed by atoms with Crippen molar-refractivity contribution >= 4 is 28.9 Å². The molecule has 0 fully saturated rings. The number of nitrogens with zero attached hydrogens (tertiary/aromatic N) is 2. The summed E-state index contributed by atoms with van der Waals surface area (Å²) in [4.78, 5) is 15.5. The Balaban J connectivity index is 2.33. The van der Waals surface area contributed by atoms with Gasteiger partial charge in [0.15, 0.2) is 5.11 Å². The fourth-order valence-electron chi connectivity index (χ4n) is 2.05. The number of hydrogen-bond donors (Lipinski definition) is 1. The zero-order valence-corrected chi connectivity index (χ0v) is 11.6. The molecule has 0 aliphatic carbocycles. The van der Waals surface area contributed by atoms with Crippen LogP contribution in [0.5, 0.6) is 0 Å². The molecular weight excluding hydrogens is 246 g/mol. The Kier molecular flexibility index (Phi) is 3.52. The third-order valence-electron chi connectivity index (χ3n) is 3.22. The summed E-state index contributed by atoms with van der Waals surface area (Å²) in [5.74, 6) is 0.103. The number of amides is 1. The first-order valence-corrected chi connectivity index (χ1v) is 6.24. The highest BCUT2D eigenvalue weighted by Crippen LogP contribution is 2.34. The number of benzene rings is 1. The topological polar surface area (TPSA) is 35.6 Å². The Morgan fingerprint density at radius 1 is 1.44 bits per heavy atom. The number of carbonyl (C=O) groups is 1. The number of nitrogens with one attached hydrogen (secondary N) is 1. The van der Waals surface area contributed by atoms with Crippen molar-refractivity contribution in [3.63, 3.8) is 0 Å². The lowest BCUT2D eigenvalue weighted by molar-refractivity contribution is -0.129. The van der Waals surface area contributed by atoms with Crippen molar-refractivity contribution in [3.8, 4) is 0 Å². The molecule has 1 aromatic rings. The van der Waals surface area contributed by atoms with E-state index in [9.17, 15) is 4.79 Å². The molecule has 0 radical (unpaired) electrons. The van der Waals surface area contributed by atoms with Crippen molar-refractivity contribution in [3.05, 3.63) is 29.8 Å². The maximum Gasteiger partial charge on any atom is 0.224 e. The summed E-state index contributed by atoms with van der Waals surface area (Å²) in [5.41, 5.74) is 2.11. The van der Waals surface area contributed by atoms with Gasteiger partial charge in [0.2, 0.25) is 5.91 Å². The smallest absolute Gasteiger partial charge is 0.224 e. The van der Waals surface area contributed by atoms with Crippen molar-refractivity contribution < 1.29 is 4.79 Å². The van der Waals surface area contributed by atoms with Crippen LogP contribution in [-0.4, -0.2) is 42.0 Å². The molecule has 1 N–H and O–H groups in total. The van der Waals surface area contributed by atoms with E-state index in [4.69, 9.17) is 12.2 Å². The van der Waals surface area contributed by atoms with E-state index in [0.29, 0.717) is 11.5 Å². The van der Waals surface area contributed by atoms with Crippen molar-refractivity contribution in [2.75, 3.05) is 26.5 Å². The van der Waals surface area contributed by atoms with Gasteiger partial charge in [-0.05, 0) is 23.8 Å². The first-order valence-electron chi connectivity index (χ1n) is 5.83. The van der Waals surface area contributed by atoms with Gasteiger partial charge in [-0.15, -0.1) is 0 Å². The second kappa shape index (κ2) is 4.94. The first-order chi connectivity index (χ1) is 8.50. The van der Waals surface area contributed by atoms with Crippen LogP contribution in [0.3, 0.4) is 0 Å². The number of thiocarbonyl (C=S) groups is 1. The SMILES string of the molecule is CN(C)C(=O)CC1c2ccccc2NC(=S)N1C. The lowest BCUT2D eigenvalue weighted by atomic mass is 9.98. The number of para-hydroxylation sites is 1. The molecule has 1 unspecified atom stereocenters. The Morgan fingerprint density at radius 3 is 2.78 bits per heavy atom. The third kappa shape index (κ3) is 2.31. The summed E-state index contributed by atoms with van der Waals surface area (Å²) in [5, 5.41) is 3.83. The number of rotatable bonds is 2. The van der Waals surface area contributed by atoms with E-state index in [1.54, 1.807) is 19.0 Å².